The van der Waals surface area contributed by atoms with E-state index in [1.54, 1.807) is 23.7 Å². The second kappa shape index (κ2) is 3.51. The normalized spacial score (nSPS) is 10.0. The van der Waals surface area contributed by atoms with Gasteiger partial charge in [-0.25, -0.2) is 0 Å². The van der Waals surface area contributed by atoms with Gasteiger partial charge in [-0.1, -0.05) is 0 Å². The quantitative estimate of drug-likeness (QED) is 0.695. The molecule has 5 nitrogen and oxygen atoms in total. The molecule has 0 radical (unpaired) electrons. The zero-order valence-corrected chi connectivity index (χ0v) is 7.97. The molecule has 2 heterocycles. The summed E-state index contributed by atoms with van der Waals surface area (Å²) in [6.07, 6.45) is 1.56. The van der Waals surface area contributed by atoms with Crippen LogP contribution in [-0.4, -0.2) is 16.1 Å². The molecule has 0 atom stereocenters. The van der Waals surface area contributed by atoms with E-state index >= 15 is 0 Å². The SMILES string of the molecule is Nc1ccsc1C(=O)Nc1ccn[nH]1. The summed E-state index contributed by atoms with van der Waals surface area (Å²) < 4.78 is 0. The van der Waals surface area contributed by atoms with Crippen LogP contribution in [0.1, 0.15) is 9.67 Å². The van der Waals surface area contributed by atoms with Gasteiger partial charge in [0.1, 0.15) is 10.7 Å². The molecule has 1 amide bonds. The fraction of sp³-hybridized carbons (Fsp3) is 0. The number of aromatic amines is 1. The number of rotatable bonds is 2. The summed E-state index contributed by atoms with van der Waals surface area (Å²) in [5.41, 5.74) is 6.09. The predicted molar refractivity (Wildman–Crippen MR) is 55.3 cm³/mol. The lowest BCUT2D eigenvalue weighted by Gasteiger charge is -2.00. The number of hydrogen-bond acceptors (Lipinski definition) is 4. The predicted octanol–water partition coefficient (Wildman–Crippen LogP) is 1.31. The van der Waals surface area contributed by atoms with Gasteiger partial charge in [0.05, 0.1) is 11.9 Å². The van der Waals surface area contributed by atoms with Crippen LogP contribution in [0.15, 0.2) is 23.7 Å². The first-order valence-corrected chi connectivity index (χ1v) is 4.79. The second-order valence-corrected chi connectivity index (χ2v) is 3.55. The highest BCUT2D eigenvalue weighted by Crippen LogP contribution is 2.19. The molecule has 14 heavy (non-hydrogen) atoms. The number of nitrogens with zero attached hydrogens (tertiary/aromatic N) is 1. The maximum Gasteiger partial charge on any atom is 0.268 e. The van der Waals surface area contributed by atoms with E-state index in [-0.39, 0.29) is 5.91 Å². The Balaban J connectivity index is 2.14. The third-order valence-corrected chi connectivity index (χ3v) is 2.58. The maximum absolute atomic E-state index is 11.6. The Morgan fingerprint density at radius 3 is 3.00 bits per heavy atom. The van der Waals surface area contributed by atoms with Gasteiger partial charge in [0.25, 0.3) is 5.91 Å². The Kier molecular flexibility index (Phi) is 2.19. The number of anilines is 2. The highest BCUT2D eigenvalue weighted by Gasteiger charge is 2.11. The monoisotopic (exact) mass is 208 g/mol. The molecule has 0 unspecified atom stereocenters. The van der Waals surface area contributed by atoms with Crippen molar-refractivity contribution in [1.29, 1.82) is 0 Å². The molecule has 4 N–H and O–H groups in total. The van der Waals surface area contributed by atoms with Gasteiger partial charge in [-0.05, 0) is 11.4 Å². The van der Waals surface area contributed by atoms with Crippen LogP contribution < -0.4 is 11.1 Å². The van der Waals surface area contributed by atoms with Crippen molar-refractivity contribution in [2.75, 3.05) is 11.1 Å². The number of thiophene rings is 1. The number of H-pyrrole nitrogens is 1. The minimum atomic E-state index is -0.221. The van der Waals surface area contributed by atoms with Gasteiger partial charge >= 0.3 is 0 Å². The smallest absolute Gasteiger partial charge is 0.268 e. The highest BCUT2D eigenvalue weighted by atomic mass is 32.1. The van der Waals surface area contributed by atoms with Crippen LogP contribution in [0.25, 0.3) is 0 Å². The first-order valence-electron chi connectivity index (χ1n) is 3.91. The van der Waals surface area contributed by atoms with Crippen molar-refractivity contribution in [1.82, 2.24) is 10.2 Å². The van der Waals surface area contributed by atoms with Crippen molar-refractivity contribution in [3.05, 3.63) is 28.6 Å². The molecule has 6 heteroatoms. The summed E-state index contributed by atoms with van der Waals surface area (Å²) >= 11 is 1.31. The van der Waals surface area contributed by atoms with Gasteiger partial charge in [-0.2, -0.15) is 5.10 Å². The second-order valence-electron chi connectivity index (χ2n) is 2.63. The summed E-state index contributed by atoms with van der Waals surface area (Å²) in [4.78, 5) is 12.1. The fourth-order valence-electron chi connectivity index (χ4n) is 1.01. The molecule has 2 aromatic heterocycles. The van der Waals surface area contributed by atoms with Crippen molar-refractivity contribution in [2.45, 2.75) is 0 Å². The maximum atomic E-state index is 11.6. The molecule has 0 saturated carbocycles. The first-order chi connectivity index (χ1) is 6.77. The van der Waals surface area contributed by atoms with Gasteiger partial charge in [0.2, 0.25) is 0 Å². The summed E-state index contributed by atoms with van der Waals surface area (Å²) in [7, 11) is 0. The largest absolute Gasteiger partial charge is 0.397 e. The Bertz CT molecular complexity index is 434. The number of nitrogens with one attached hydrogen (secondary N) is 2. The summed E-state index contributed by atoms with van der Waals surface area (Å²) in [5, 5.41) is 10.8. The van der Waals surface area contributed by atoms with Crippen LogP contribution >= 0.6 is 11.3 Å². The standard InChI is InChI=1S/C8H8N4OS/c9-5-2-4-14-7(5)8(13)11-6-1-3-10-12-6/h1-4H,9H2,(H2,10,11,12,13). The topological polar surface area (TPSA) is 83.8 Å². The number of aromatic nitrogens is 2. The van der Waals surface area contributed by atoms with E-state index in [1.807, 2.05) is 0 Å². The third kappa shape index (κ3) is 1.60. The van der Waals surface area contributed by atoms with E-state index in [4.69, 9.17) is 5.73 Å². The number of hydrogen-bond donors (Lipinski definition) is 3. The highest BCUT2D eigenvalue weighted by molar-refractivity contribution is 7.12. The lowest BCUT2D eigenvalue weighted by atomic mass is 10.4. The van der Waals surface area contributed by atoms with Crippen molar-refractivity contribution in [3.8, 4) is 0 Å². The number of carbonyl (C=O) groups is 1. The Morgan fingerprint density at radius 2 is 2.43 bits per heavy atom. The van der Waals surface area contributed by atoms with Crippen molar-refractivity contribution in [3.63, 3.8) is 0 Å². The summed E-state index contributed by atoms with van der Waals surface area (Å²) in [5.74, 6) is 0.338. The summed E-state index contributed by atoms with van der Waals surface area (Å²) in [6.45, 7) is 0. The molecule has 0 fully saturated rings. The molecule has 0 aliphatic carbocycles. The Hall–Kier alpha value is -1.82. The molecule has 0 spiro atoms. The molecule has 2 rings (SSSR count). The van der Waals surface area contributed by atoms with E-state index in [1.165, 1.54) is 11.3 Å². The minimum Gasteiger partial charge on any atom is -0.397 e. The average molecular weight is 208 g/mol. The first kappa shape index (κ1) is 8.76. The molecular formula is C8H8N4OS. The van der Waals surface area contributed by atoms with Crippen LogP contribution in [0.5, 0.6) is 0 Å². The molecule has 0 saturated heterocycles. The van der Waals surface area contributed by atoms with Gasteiger partial charge in [-0.3, -0.25) is 9.89 Å². The molecule has 0 aromatic carbocycles. The molecular weight excluding hydrogens is 200 g/mol. The van der Waals surface area contributed by atoms with E-state index in [0.717, 1.165) is 0 Å². The Labute approximate surface area is 83.9 Å². The van der Waals surface area contributed by atoms with Crippen LogP contribution in [0.4, 0.5) is 11.5 Å². The van der Waals surface area contributed by atoms with Crippen LogP contribution in [0.2, 0.25) is 0 Å². The van der Waals surface area contributed by atoms with Gasteiger partial charge in [0, 0.05) is 6.07 Å². The van der Waals surface area contributed by atoms with Gasteiger partial charge < -0.3 is 11.1 Å². The molecule has 72 valence electrons. The number of nitrogen functional groups attached to an aromatic ring is 1. The van der Waals surface area contributed by atoms with E-state index < -0.39 is 0 Å². The van der Waals surface area contributed by atoms with Crippen LogP contribution in [0, 0.1) is 0 Å². The van der Waals surface area contributed by atoms with E-state index in [9.17, 15) is 4.79 Å². The van der Waals surface area contributed by atoms with Crippen molar-refractivity contribution < 1.29 is 4.79 Å². The van der Waals surface area contributed by atoms with E-state index in [0.29, 0.717) is 16.4 Å². The third-order valence-electron chi connectivity index (χ3n) is 1.65. The number of amides is 1. The molecule has 2 aromatic rings. The van der Waals surface area contributed by atoms with Crippen molar-refractivity contribution >= 4 is 28.7 Å². The zero-order chi connectivity index (χ0) is 9.97. The average Bonchev–Trinajstić information content (AvgIpc) is 2.75. The van der Waals surface area contributed by atoms with Gasteiger partial charge in [-0.15, -0.1) is 11.3 Å². The number of carbonyl (C=O) groups excluding carboxylic acids is 1. The van der Waals surface area contributed by atoms with Crippen LogP contribution in [-0.2, 0) is 0 Å². The number of nitrogens with two attached hydrogens (primary N) is 1. The molecule has 0 aliphatic heterocycles. The lowest BCUT2D eigenvalue weighted by molar-refractivity contribution is 0.103. The molecule has 0 bridgehead atoms. The summed E-state index contributed by atoms with van der Waals surface area (Å²) in [6, 6.07) is 3.37. The van der Waals surface area contributed by atoms with E-state index in [2.05, 4.69) is 15.5 Å². The van der Waals surface area contributed by atoms with Crippen LogP contribution in [0.3, 0.4) is 0 Å². The van der Waals surface area contributed by atoms with Crippen molar-refractivity contribution in [2.24, 2.45) is 0 Å². The van der Waals surface area contributed by atoms with Gasteiger partial charge in [0.15, 0.2) is 0 Å². The lowest BCUT2D eigenvalue weighted by Crippen LogP contribution is -2.12. The Morgan fingerprint density at radius 1 is 1.57 bits per heavy atom. The zero-order valence-electron chi connectivity index (χ0n) is 7.15. The molecule has 0 aliphatic rings. The fourth-order valence-corrected chi connectivity index (χ4v) is 1.72. The minimum absolute atomic E-state index is 0.221.